The monoisotopic (exact) mass is 338 g/mol. The number of nitrogens with one attached hydrogen (secondary N) is 1. The minimum atomic E-state index is -1.34. The summed E-state index contributed by atoms with van der Waals surface area (Å²) in [5.74, 6) is -3.05. The van der Waals surface area contributed by atoms with Crippen LogP contribution in [0.25, 0.3) is 0 Å². The number of carbonyl (C=O) groups is 2. The first-order valence-electron chi connectivity index (χ1n) is 6.49. The van der Waals surface area contributed by atoms with Gasteiger partial charge in [0.2, 0.25) is 0 Å². The minimum absolute atomic E-state index is 0.144. The number of cyclic esters (lactones) is 2. The Kier molecular flexibility index (Phi) is 4.60. The van der Waals surface area contributed by atoms with Crippen molar-refractivity contribution >= 4 is 35.1 Å². The molecule has 23 heavy (non-hydrogen) atoms. The lowest BCUT2D eigenvalue weighted by Crippen LogP contribution is -2.42. The van der Waals surface area contributed by atoms with Crippen molar-refractivity contribution in [3.63, 3.8) is 0 Å². The van der Waals surface area contributed by atoms with Crippen molar-refractivity contribution in [2.45, 2.75) is 24.5 Å². The van der Waals surface area contributed by atoms with Crippen molar-refractivity contribution in [2.24, 2.45) is 0 Å². The molecule has 0 amide bonds. The number of nitrogens with zero attached hydrogens (tertiary/aromatic N) is 1. The van der Waals surface area contributed by atoms with E-state index in [2.05, 4.69) is 5.32 Å². The first-order valence-corrected chi connectivity index (χ1v) is 7.72. The molecule has 2 rings (SSSR count). The Morgan fingerprint density at radius 3 is 2.39 bits per heavy atom. The number of nitro benzene ring substituents is 1. The van der Waals surface area contributed by atoms with E-state index in [0.717, 1.165) is 6.20 Å². The highest BCUT2D eigenvalue weighted by Gasteiger charge is 2.39. The first kappa shape index (κ1) is 16.8. The van der Waals surface area contributed by atoms with Gasteiger partial charge in [-0.25, -0.2) is 9.59 Å². The number of esters is 2. The van der Waals surface area contributed by atoms with E-state index in [4.69, 9.17) is 9.47 Å². The third kappa shape index (κ3) is 3.81. The van der Waals surface area contributed by atoms with E-state index in [9.17, 15) is 19.7 Å². The third-order valence-electron chi connectivity index (χ3n) is 2.89. The van der Waals surface area contributed by atoms with Crippen molar-refractivity contribution in [3.05, 3.63) is 40.1 Å². The summed E-state index contributed by atoms with van der Waals surface area (Å²) < 4.78 is 9.86. The van der Waals surface area contributed by atoms with Gasteiger partial charge in [-0.1, -0.05) is 0 Å². The molecule has 1 aromatic carbocycles. The van der Waals surface area contributed by atoms with Gasteiger partial charge in [-0.05, 0) is 18.4 Å². The summed E-state index contributed by atoms with van der Waals surface area (Å²) in [4.78, 5) is 34.9. The SMILES string of the molecule is CSc1ccc(NC=C2C(=O)OC(C)(C)OC2=O)c([N+](=O)[O-])c1. The number of carbonyl (C=O) groups excluding carboxylic acids is 2. The average molecular weight is 338 g/mol. The van der Waals surface area contributed by atoms with Crippen LogP contribution in [0.4, 0.5) is 11.4 Å². The predicted octanol–water partition coefficient (Wildman–Crippen LogP) is 2.45. The fourth-order valence-corrected chi connectivity index (χ4v) is 2.27. The first-order chi connectivity index (χ1) is 10.7. The van der Waals surface area contributed by atoms with Crippen LogP contribution < -0.4 is 5.32 Å². The highest BCUT2D eigenvalue weighted by atomic mass is 32.2. The Hall–Kier alpha value is -2.55. The molecule has 0 spiro atoms. The van der Waals surface area contributed by atoms with Crippen LogP contribution in [0.3, 0.4) is 0 Å². The number of benzene rings is 1. The topological polar surface area (TPSA) is 108 Å². The van der Waals surface area contributed by atoms with Crippen LogP contribution in [0.2, 0.25) is 0 Å². The molecule has 1 aromatic rings. The third-order valence-corrected chi connectivity index (χ3v) is 3.62. The maximum absolute atomic E-state index is 11.8. The Morgan fingerprint density at radius 1 is 1.26 bits per heavy atom. The number of hydrogen-bond donors (Lipinski definition) is 1. The smallest absolute Gasteiger partial charge is 0.350 e. The fourth-order valence-electron chi connectivity index (χ4n) is 1.84. The Labute approximate surface area is 136 Å². The normalized spacial score (nSPS) is 16.4. The summed E-state index contributed by atoms with van der Waals surface area (Å²) in [6, 6.07) is 4.57. The highest BCUT2D eigenvalue weighted by Crippen LogP contribution is 2.30. The zero-order chi connectivity index (χ0) is 17.2. The van der Waals surface area contributed by atoms with Gasteiger partial charge in [0.25, 0.3) is 11.5 Å². The van der Waals surface area contributed by atoms with Crippen molar-refractivity contribution in [1.29, 1.82) is 0 Å². The van der Waals surface area contributed by atoms with E-state index < -0.39 is 22.6 Å². The molecule has 0 unspecified atom stereocenters. The molecule has 1 saturated heterocycles. The predicted molar refractivity (Wildman–Crippen MR) is 82.8 cm³/mol. The number of nitro groups is 1. The molecule has 0 aliphatic carbocycles. The molecule has 0 aromatic heterocycles. The zero-order valence-electron chi connectivity index (χ0n) is 12.6. The lowest BCUT2D eigenvalue weighted by Gasteiger charge is -2.29. The second-order valence-electron chi connectivity index (χ2n) is 5.02. The van der Waals surface area contributed by atoms with Gasteiger partial charge >= 0.3 is 11.9 Å². The second-order valence-corrected chi connectivity index (χ2v) is 5.90. The molecular weight excluding hydrogens is 324 g/mol. The van der Waals surface area contributed by atoms with Crippen LogP contribution in [0, 0.1) is 10.1 Å². The quantitative estimate of drug-likeness (QED) is 0.223. The van der Waals surface area contributed by atoms with Gasteiger partial charge in [0.15, 0.2) is 5.57 Å². The summed E-state index contributed by atoms with van der Waals surface area (Å²) in [5, 5.41) is 13.7. The number of thioether (sulfide) groups is 1. The standard InChI is InChI=1S/C14H14N2O6S/c1-14(2)21-12(17)9(13(18)22-14)7-15-10-5-4-8(23-3)6-11(10)16(19)20/h4-7,15H,1-3H3. The molecule has 122 valence electrons. The summed E-state index contributed by atoms with van der Waals surface area (Å²) in [6.07, 6.45) is 2.84. The van der Waals surface area contributed by atoms with Gasteiger partial charge in [0.05, 0.1) is 4.92 Å². The van der Waals surface area contributed by atoms with Gasteiger partial charge in [0.1, 0.15) is 5.69 Å². The van der Waals surface area contributed by atoms with E-state index >= 15 is 0 Å². The molecule has 1 N–H and O–H groups in total. The Morgan fingerprint density at radius 2 is 1.87 bits per heavy atom. The molecule has 0 bridgehead atoms. The van der Waals surface area contributed by atoms with E-state index in [1.807, 2.05) is 0 Å². The van der Waals surface area contributed by atoms with Crippen LogP contribution in [0.15, 0.2) is 34.9 Å². The number of hydrogen-bond acceptors (Lipinski definition) is 8. The minimum Gasteiger partial charge on any atom is -0.419 e. The summed E-state index contributed by atoms with van der Waals surface area (Å²) >= 11 is 1.36. The number of rotatable bonds is 4. The summed E-state index contributed by atoms with van der Waals surface area (Å²) in [6.45, 7) is 2.86. The van der Waals surface area contributed by atoms with Crippen LogP contribution in [-0.4, -0.2) is 28.9 Å². The Balaban J connectivity index is 2.28. The van der Waals surface area contributed by atoms with Gasteiger partial charge in [-0.3, -0.25) is 10.1 Å². The van der Waals surface area contributed by atoms with Crippen molar-refractivity contribution in [1.82, 2.24) is 0 Å². The molecule has 1 aliphatic rings. The molecule has 8 nitrogen and oxygen atoms in total. The maximum atomic E-state index is 11.8. The van der Waals surface area contributed by atoms with Crippen molar-refractivity contribution in [3.8, 4) is 0 Å². The number of ether oxygens (including phenoxy) is 2. The molecule has 1 heterocycles. The van der Waals surface area contributed by atoms with Crippen molar-refractivity contribution < 1.29 is 24.0 Å². The number of anilines is 1. The zero-order valence-corrected chi connectivity index (χ0v) is 13.4. The molecule has 1 fully saturated rings. The highest BCUT2D eigenvalue weighted by molar-refractivity contribution is 7.98. The molecule has 0 saturated carbocycles. The maximum Gasteiger partial charge on any atom is 0.350 e. The van der Waals surface area contributed by atoms with Gasteiger partial charge in [-0.15, -0.1) is 11.8 Å². The molecule has 9 heteroatoms. The van der Waals surface area contributed by atoms with Gasteiger partial charge < -0.3 is 14.8 Å². The largest absolute Gasteiger partial charge is 0.419 e. The van der Waals surface area contributed by atoms with Crippen LogP contribution in [0.5, 0.6) is 0 Å². The van der Waals surface area contributed by atoms with Gasteiger partial charge in [0, 0.05) is 31.0 Å². The van der Waals surface area contributed by atoms with E-state index in [1.165, 1.54) is 37.7 Å². The Bertz CT molecular complexity index is 691. The van der Waals surface area contributed by atoms with Gasteiger partial charge in [-0.2, -0.15) is 0 Å². The molecule has 1 aliphatic heterocycles. The van der Waals surface area contributed by atoms with Crippen LogP contribution in [-0.2, 0) is 19.1 Å². The summed E-state index contributed by atoms with van der Waals surface area (Å²) in [7, 11) is 0. The molecular formula is C14H14N2O6S. The second kappa shape index (κ2) is 6.29. The fraction of sp³-hybridized carbons (Fsp3) is 0.286. The van der Waals surface area contributed by atoms with Crippen molar-refractivity contribution in [2.75, 3.05) is 11.6 Å². The summed E-state index contributed by atoms with van der Waals surface area (Å²) in [5.41, 5.74) is -0.398. The lowest BCUT2D eigenvalue weighted by molar-refractivity contribution is -0.384. The van der Waals surface area contributed by atoms with E-state index in [1.54, 1.807) is 12.3 Å². The lowest BCUT2D eigenvalue weighted by atomic mass is 10.2. The average Bonchev–Trinajstić information content (AvgIpc) is 2.45. The van der Waals surface area contributed by atoms with Crippen LogP contribution >= 0.6 is 11.8 Å². The van der Waals surface area contributed by atoms with E-state index in [0.29, 0.717) is 4.90 Å². The van der Waals surface area contributed by atoms with Crippen LogP contribution in [0.1, 0.15) is 13.8 Å². The molecule has 0 radical (unpaired) electrons. The van der Waals surface area contributed by atoms with E-state index in [-0.39, 0.29) is 16.9 Å². The molecule has 0 atom stereocenters.